The van der Waals surface area contributed by atoms with Crippen LogP contribution in [-0.2, 0) is 0 Å². The van der Waals surface area contributed by atoms with Gasteiger partial charge in [-0.3, -0.25) is 0 Å². The Morgan fingerprint density at radius 3 is 2.71 bits per heavy atom. The minimum atomic E-state index is 0.249. The highest BCUT2D eigenvalue weighted by molar-refractivity contribution is 6.29. The summed E-state index contributed by atoms with van der Waals surface area (Å²) in [5, 5.41) is 11.9. The molecule has 2 rings (SSSR count). The van der Waals surface area contributed by atoms with Crippen LogP contribution in [0.4, 0.5) is 0 Å². The second kappa shape index (κ2) is 3.42. The lowest BCUT2D eigenvalue weighted by Gasteiger charge is -2.00. The van der Waals surface area contributed by atoms with Crippen LogP contribution in [-0.4, -0.2) is 20.2 Å². The van der Waals surface area contributed by atoms with Gasteiger partial charge in [-0.05, 0) is 25.4 Å². The Labute approximate surface area is 85.6 Å². The van der Waals surface area contributed by atoms with E-state index in [1.54, 1.807) is 16.9 Å². The summed E-state index contributed by atoms with van der Waals surface area (Å²) in [4.78, 5) is 0. The Balaban J connectivity index is 2.33. The second-order valence-electron chi connectivity index (χ2n) is 3.19. The fourth-order valence-corrected chi connectivity index (χ4v) is 1.16. The van der Waals surface area contributed by atoms with Crippen molar-refractivity contribution in [3.05, 3.63) is 17.5 Å². The molecule has 74 valence electrons. The van der Waals surface area contributed by atoms with Gasteiger partial charge in [-0.2, -0.15) is 0 Å². The van der Waals surface area contributed by atoms with E-state index in [-0.39, 0.29) is 11.3 Å². The molecule has 0 atom stereocenters. The summed E-state index contributed by atoms with van der Waals surface area (Å²) in [7, 11) is 0. The molecule has 0 aliphatic rings. The van der Waals surface area contributed by atoms with E-state index in [4.69, 9.17) is 16.1 Å². The Morgan fingerprint density at radius 2 is 2.21 bits per heavy atom. The third-order valence-corrected chi connectivity index (χ3v) is 1.96. The molecule has 0 amide bonds. The smallest absolute Gasteiger partial charge is 0.226 e. The van der Waals surface area contributed by atoms with Gasteiger partial charge in [0.1, 0.15) is 11.4 Å². The van der Waals surface area contributed by atoms with Crippen molar-refractivity contribution in [2.45, 2.75) is 19.9 Å². The van der Waals surface area contributed by atoms with Crippen LogP contribution in [0.25, 0.3) is 11.4 Å². The van der Waals surface area contributed by atoms with Gasteiger partial charge in [0.05, 0.1) is 6.20 Å². The third-order valence-electron chi connectivity index (χ3n) is 1.78. The third kappa shape index (κ3) is 1.63. The van der Waals surface area contributed by atoms with Crippen LogP contribution < -0.4 is 0 Å². The van der Waals surface area contributed by atoms with E-state index < -0.39 is 0 Å². The zero-order valence-electron chi connectivity index (χ0n) is 7.81. The van der Waals surface area contributed by atoms with Gasteiger partial charge in [0.25, 0.3) is 0 Å². The van der Waals surface area contributed by atoms with Crippen LogP contribution in [0.3, 0.4) is 0 Å². The molecule has 0 spiro atoms. The summed E-state index contributed by atoms with van der Waals surface area (Å²) < 4.78 is 6.47. The van der Waals surface area contributed by atoms with Crippen LogP contribution in [0.2, 0.25) is 5.22 Å². The van der Waals surface area contributed by atoms with Crippen LogP contribution >= 0.6 is 11.6 Å². The minimum absolute atomic E-state index is 0.249. The summed E-state index contributed by atoms with van der Waals surface area (Å²) in [5.41, 5.74) is 1.26. The molecule has 0 saturated carbocycles. The first kappa shape index (κ1) is 9.21. The summed E-state index contributed by atoms with van der Waals surface area (Å²) in [6.45, 7) is 4.04. The highest BCUT2D eigenvalue weighted by Gasteiger charge is 2.10. The Bertz CT molecular complexity index is 434. The molecule has 0 N–H and O–H groups in total. The van der Waals surface area contributed by atoms with Crippen molar-refractivity contribution in [1.82, 2.24) is 20.2 Å². The van der Waals surface area contributed by atoms with Gasteiger partial charge >= 0.3 is 0 Å². The fraction of sp³-hybridized carbons (Fsp3) is 0.375. The number of aromatic nitrogens is 4. The zero-order chi connectivity index (χ0) is 10.1. The van der Waals surface area contributed by atoms with Gasteiger partial charge in [-0.15, -0.1) is 5.10 Å². The van der Waals surface area contributed by atoms with Crippen LogP contribution in [0, 0.1) is 0 Å². The van der Waals surface area contributed by atoms with Crippen molar-refractivity contribution >= 4 is 11.6 Å². The maximum absolute atomic E-state index is 5.60. The van der Waals surface area contributed by atoms with E-state index >= 15 is 0 Å². The van der Waals surface area contributed by atoms with Gasteiger partial charge in [0.2, 0.25) is 5.22 Å². The molecule has 0 aliphatic heterocycles. The van der Waals surface area contributed by atoms with Crippen LogP contribution in [0.5, 0.6) is 0 Å². The van der Waals surface area contributed by atoms with E-state index in [2.05, 4.69) is 15.5 Å². The molecule has 0 radical (unpaired) electrons. The van der Waals surface area contributed by atoms with Gasteiger partial charge in [0, 0.05) is 12.1 Å². The first-order valence-electron chi connectivity index (χ1n) is 4.21. The maximum Gasteiger partial charge on any atom is 0.226 e. The lowest BCUT2D eigenvalue weighted by molar-refractivity contribution is 0.424. The molecule has 14 heavy (non-hydrogen) atoms. The molecule has 0 fully saturated rings. The number of hydrogen-bond donors (Lipinski definition) is 0. The van der Waals surface area contributed by atoms with E-state index in [9.17, 15) is 0 Å². The number of nitrogens with zero attached hydrogens (tertiary/aromatic N) is 4. The highest BCUT2D eigenvalue weighted by atomic mass is 35.5. The number of rotatable bonds is 2. The van der Waals surface area contributed by atoms with Crippen molar-refractivity contribution in [3.8, 4) is 11.4 Å². The molecule has 0 saturated heterocycles. The fourth-order valence-electron chi connectivity index (χ4n) is 1.02. The maximum atomic E-state index is 5.60. The van der Waals surface area contributed by atoms with Crippen LogP contribution in [0.15, 0.2) is 16.8 Å². The highest BCUT2D eigenvalue weighted by Crippen LogP contribution is 2.19. The van der Waals surface area contributed by atoms with Gasteiger partial charge in [-0.25, -0.2) is 4.68 Å². The largest absolute Gasteiger partial charge is 0.344 e. The molecule has 2 aromatic rings. The molecule has 0 unspecified atom stereocenters. The molecular formula is C8H9ClN4O. The number of hydrogen-bond acceptors (Lipinski definition) is 4. The first-order chi connectivity index (χ1) is 6.66. The molecule has 0 aliphatic carbocycles. The summed E-state index contributed by atoms with van der Waals surface area (Å²) >= 11 is 5.60. The van der Waals surface area contributed by atoms with Crippen molar-refractivity contribution in [1.29, 1.82) is 0 Å². The van der Waals surface area contributed by atoms with Crippen molar-refractivity contribution in [3.63, 3.8) is 0 Å². The molecule has 6 heteroatoms. The summed E-state index contributed by atoms with van der Waals surface area (Å²) in [6.07, 6.45) is 1.80. The molecule has 0 aromatic carbocycles. The van der Waals surface area contributed by atoms with Crippen molar-refractivity contribution in [2.24, 2.45) is 0 Å². The lowest BCUT2D eigenvalue weighted by Crippen LogP contribution is -2.00. The molecule has 5 nitrogen and oxygen atoms in total. The average Bonchev–Trinajstić information content (AvgIpc) is 2.70. The minimum Gasteiger partial charge on any atom is -0.344 e. The first-order valence-corrected chi connectivity index (χ1v) is 4.59. The van der Waals surface area contributed by atoms with Gasteiger partial charge in [-0.1, -0.05) is 10.4 Å². The molecule has 2 aromatic heterocycles. The molecule has 0 bridgehead atoms. The van der Waals surface area contributed by atoms with Crippen molar-refractivity contribution < 1.29 is 4.52 Å². The van der Waals surface area contributed by atoms with Gasteiger partial charge < -0.3 is 4.52 Å². The second-order valence-corrected chi connectivity index (χ2v) is 3.57. The van der Waals surface area contributed by atoms with E-state index in [1.807, 2.05) is 13.8 Å². The van der Waals surface area contributed by atoms with Gasteiger partial charge in [0.15, 0.2) is 0 Å². The van der Waals surface area contributed by atoms with E-state index in [0.29, 0.717) is 11.4 Å². The molecule has 2 heterocycles. The quantitative estimate of drug-likeness (QED) is 0.766. The lowest BCUT2D eigenvalue weighted by atomic mass is 10.3. The SMILES string of the molecule is CC(C)n1cc(-c2cc(Cl)on2)nn1. The predicted molar refractivity (Wildman–Crippen MR) is 50.9 cm³/mol. The van der Waals surface area contributed by atoms with E-state index in [1.165, 1.54) is 0 Å². The zero-order valence-corrected chi connectivity index (χ0v) is 8.56. The van der Waals surface area contributed by atoms with E-state index in [0.717, 1.165) is 0 Å². The monoisotopic (exact) mass is 212 g/mol. The normalized spacial score (nSPS) is 11.1. The summed E-state index contributed by atoms with van der Waals surface area (Å²) in [6, 6.07) is 1.88. The topological polar surface area (TPSA) is 56.7 Å². The van der Waals surface area contributed by atoms with Crippen LogP contribution in [0.1, 0.15) is 19.9 Å². The molecular weight excluding hydrogens is 204 g/mol. The standard InChI is InChI=1S/C8H9ClN4O/c1-5(2)13-4-7(10-12-13)6-3-8(9)14-11-6/h3-5H,1-2H3. The Kier molecular flexibility index (Phi) is 2.25. The Hall–Kier alpha value is -1.36. The number of halogens is 1. The predicted octanol–water partition coefficient (Wildman–Crippen LogP) is 2.17. The average molecular weight is 213 g/mol. The Morgan fingerprint density at radius 1 is 1.43 bits per heavy atom. The summed E-state index contributed by atoms with van der Waals surface area (Å²) in [5.74, 6) is 0. The van der Waals surface area contributed by atoms with Crippen molar-refractivity contribution in [2.75, 3.05) is 0 Å².